The van der Waals surface area contributed by atoms with Crippen LogP contribution in [0.25, 0.3) is 0 Å². The summed E-state index contributed by atoms with van der Waals surface area (Å²) in [6.07, 6.45) is 1.31. The fraction of sp³-hybridized carbons (Fsp3) is 0.846. The third kappa shape index (κ3) is 8.98. The van der Waals surface area contributed by atoms with E-state index in [0.717, 1.165) is 6.42 Å². The Morgan fingerprint density at radius 1 is 1.22 bits per heavy atom. The molecule has 0 rings (SSSR count). The van der Waals surface area contributed by atoms with Crippen molar-refractivity contribution >= 4 is 11.9 Å². The van der Waals surface area contributed by atoms with Crippen molar-refractivity contribution in [2.45, 2.75) is 59.1 Å². The van der Waals surface area contributed by atoms with Gasteiger partial charge in [-0.1, -0.05) is 13.8 Å². The zero-order chi connectivity index (χ0) is 14.3. The van der Waals surface area contributed by atoms with Gasteiger partial charge in [-0.25, -0.2) is 0 Å². The maximum atomic E-state index is 11.4. The molecule has 0 bridgehead atoms. The summed E-state index contributed by atoms with van der Waals surface area (Å²) in [5.41, 5.74) is -0.546. The van der Waals surface area contributed by atoms with Crippen LogP contribution in [-0.2, 0) is 14.3 Å². The molecule has 0 aromatic carbocycles. The van der Waals surface area contributed by atoms with Gasteiger partial charge in [0.15, 0.2) is 0 Å². The first-order valence-corrected chi connectivity index (χ1v) is 6.30. The van der Waals surface area contributed by atoms with E-state index >= 15 is 0 Å². The van der Waals surface area contributed by atoms with Gasteiger partial charge in [-0.15, -0.1) is 0 Å². The first kappa shape index (κ1) is 16.9. The molecule has 0 saturated carbocycles. The van der Waals surface area contributed by atoms with E-state index in [-0.39, 0.29) is 6.54 Å². The molecule has 0 aromatic heterocycles. The topological polar surface area (TPSA) is 75.6 Å². The number of hydrogen-bond acceptors (Lipinski definition) is 4. The lowest BCUT2D eigenvalue weighted by Crippen LogP contribution is -2.41. The standard InChI is InChI=1S/C13H25NO4/c1-9(2)6-7-10(12(16)17)14-8-11(15)18-13(3,4)5/h9-10,14H,6-8H2,1-5H3,(H,16,17). The number of carboxylic acid groups (broad SMARTS) is 1. The minimum atomic E-state index is -0.931. The van der Waals surface area contributed by atoms with Gasteiger partial charge in [0.1, 0.15) is 11.6 Å². The maximum absolute atomic E-state index is 11.4. The fourth-order valence-electron chi connectivity index (χ4n) is 1.40. The number of esters is 1. The Balaban J connectivity index is 4.11. The second kappa shape index (κ2) is 7.36. The molecular formula is C13H25NO4. The monoisotopic (exact) mass is 259 g/mol. The van der Waals surface area contributed by atoms with Gasteiger partial charge in [0.05, 0.1) is 6.54 Å². The number of aliphatic carboxylic acids is 1. The molecule has 0 saturated heterocycles. The molecule has 0 heterocycles. The summed E-state index contributed by atoms with van der Waals surface area (Å²) in [5, 5.41) is 11.7. The molecule has 0 radical (unpaired) electrons. The third-order valence-corrected chi connectivity index (χ3v) is 2.24. The average Bonchev–Trinajstić information content (AvgIpc) is 2.13. The summed E-state index contributed by atoms with van der Waals surface area (Å²) < 4.78 is 5.10. The smallest absolute Gasteiger partial charge is 0.320 e. The van der Waals surface area contributed by atoms with E-state index in [2.05, 4.69) is 5.32 Å². The largest absolute Gasteiger partial charge is 0.480 e. The molecule has 0 fully saturated rings. The summed E-state index contributed by atoms with van der Waals surface area (Å²) in [4.78, 5) is 22.4. The van der Waals surface area contributed by atoms with Gasteiger partial charge >= 0.3 is 11.9 Å². The van der Waals surface area contributed by atoms with Crippen LogP contribution in [0, 0.1) is 5.92 Å². The lowest BCUT2D eigenvalue weighted by Gasteiger charge is -2.21. The summed E-state index contributed by atoms with van der Waals surface area (Å²) in [6.45, 7) is 9.32. The predicted molar refractivity (Wildman–Crippen MR) is 69.3 cm³/mol. The van der Waals surface area contributed by atoms with Crippen LogP contribution in [-0.4, -0.2) is 35.2 Å². The number of carbonyl (C=O) groups is 2. The summed E-state index contributed by atoms with van der Waals surface area (Å²) in [6, 6.07) is -0.695. The molecule has 1 unspecified atom stereocenters. The van der Waals surface area contributed by atoms with E-state index in [9.17, 15) is 9.59 Å². The SMILES string of the molecule is CC(C)CCC(NCC(=O)OC(C)(C)C)C(=O)O. The van der Waals surface area contributed by atoms with Crippen LogP contribution in [0.3, 0.4) is 0 Å². The van der Waals surface area contributed by atoms with E-state index in [4.69, 9.17) is 9.84 Å². The van der Waals surface area contributed by atoms with Crippen molar-refractivity contribution in [3.05, 3.63) is 0 Å². The third-order valence-electron chi connectivity index (χ3n) is 2.24. The van der Waals surface area contributed by atoms with Gasteiger partial charge < -0.3 is 9.84 Å². The van der Waals surface area contributed by atoms with E-state index in [0.29, 0.717) is 12.3 Å². The Morgan fingerprint density at radius 3 is 2.17 bits per heavy atom. The maximum Gasteiger partial charge on any atom is 0.320 e. The van der Waals surface area contributed by atoms with Crippen LogP contribution in [0.4, 0.5) is 0 Å². The number of hydrogen-bond donors (Lipinski definition) is 2. The molecule has 18 heavy (non-hydrogen) atoms. The number of carboxylic acids is 1. The highest BCUT2D eigenvalue weighted by molar-refractivity contribution is 5.76. The average molecular weight is 259 g/mol. The lowest BCUT2D eigenvalue weighted by atomic mass is 10.0. The minimum absolute atomic E-state index is 0.0771. The second-order valence-corrected chi connectivity index (χ2v) is 5.83. The molecule has 0 aliphatic carbocycles. The van der Waals surface area contributed by atoms with E-state index in [1.807, 2.05) is 13.8 Å². The highest BCUT2D eigenvalue weighted by Gasteiger charge is 2.21. The van der Waals surface area contributed by atoms with Gasteiger partial charge in [0, 0.05) is 0 Å². The quantitative estimate of drug-likeness (QED) is 0.682. The van der Waals surface area contributed by atoms with Crippen molar-refractivity contribution < 1.29 is 19.4 Å². The number of ether oxygens (including phenoxy) is 1. The van der Waals surface area contributed by atoms with Crippen molar-refractivity contribution in [2.24, 2.45) is 5.92 Å². The Morgan fingerprint density at radius 2 is 1.78 bits per heavy atom. The molecule has 106 valence electrons. The number of nitrogens with one attached hydrogen (secondary N) is 1. The van der Waals surface area contributed by atoms with Gasteiger partial charge in [-0.3, -0.25) is 14.9 Å². The Kier molecular flexibility index (Phi) is 6.91. The molecule has 0 aromatic rings. The first-order valence-electron chi connectivity index (χ1n) is 6.30. The molecule has 0 aliphatic rings. The highest BCUT2D eigenvalue weighted by Crippen LogP contribution is 2.08. The molecule has 0 aliphatic heterocycles. The minimum Gasteiger partial charge on any atom is -0.480 e. The zero-order valence-corrected chi connectivity index (χ0v) is 11.9. The molecule has 1 atom stereocenters. The van der Waals surface area contributed by atoms with Crippen LogP contribution in [0.2, 0.25) is 0 Å². The van der Waals surface area contributed by atoms with Gasteiger partial charge in [-0.05, 0) is 39.5 Å². The van der Waals surface area contributed by atoms with Crippen molar-refractivity contribution in [1.82, 2.24) is 5.32 Å². The Hall–Kier alpha value is -1.10. The fourth-order valence-corrected chi connectivity index (χ4v) is 1.40. The van der Waals surface area contributed by atoms with Crippen LogP contribution in [0.5, 0.6) is 0 Å². The van der Waals surface area contributed by atoms with Gasteiger partial charge in [-0.2, -0.15) is 0 Å². The summed E-state index contributed by atoms with van der Waals surface area (Å²) in [7, 11) is 0. The molecular weight excluding hydrogens is 234 g/mol. The van der Waals surface area contributed by atoms with Crippen molar-refractivity contribution in [2.75, 3.05) is 6.54 Å². The van der Waals surface area contributed by atoms with E-state index in [1.165, 1.54) is 0 Å². The van der Waals surface area contributed by atoms with Gasteiger partial charge in [0.2, 0.25) is 0 Å². The predicted octanol–water partition coefficient (Wildman–Crippen LogP) is 1.81. The Labute approximate surface area is 109 Å². The molecule has 0 amide bonds. The van der Waals surface area contributed by atoms with Crippen LogP contribution in [0.15, 0.2) is 0 Å². The van der Waals surface area contributed by atoms with E-state index < -0.39 is 23.6 Å². The summed E-state index contributed by atoms with van der Waals surface area (Å²) >= 11 is 0. The number of carbonyl (C=O) groups excluding carboxylic acids is 1. The van der Waals surface area contributed by atoms with Crippen molar-refractivity contribution in [3.8, 4) is 0 Å². The van der Waals surface area contributed by atoms with Crippen LogP contribution >= 0.6 is 0 Å². The Bertz CT molecular complexity index is 281. The second-order valence-electron chi connectivity index (χ2n) is 5.83. The van der Waals surface area contributed by atoms with E-state index in [1.54, 1.807) is 20.8 Å². The van der Waals surface area contributed by atoms with Crippen molar-refractivity contribution in [1.29, 1.82) is 0 Å². The highest BCUT2D eigenvalue weighted by atomic mass is 16.6. The lowest BCUT2D eigenvalue weighted by molar-refractivity contribution is -0.154. The molecule has 5 nitrogen and oxygen atoms in total. The molecule has 5 heteroatoms. The molecule has 0 spiro atoms. The normalized spacial score (nSPS) is 13.4. The van der Waals surface area contributed by atoms with Gasteiger partial charge in [0.25, 0.3) is 0 Å². The first-order chi connectivity index (χ1) is 8.11. The van der Waals surface area contributed by atoms with Crippen LogP contribution in [0.1, 0.15) is 47.5 Å². The number of rotatable bonds is 7. The van der Waals surface area contributed by atoms with Crippen molar-refractivity contribution in [3.63, 3.8) is 0 Å². The molecule has 2 N–H and O–H groups in total. The zero-order valence-electron chi connectivity index (χ0n) is 11.9. The summed E-state index contributed by atoms with van der Waals surface area (Å²) in [5.74, 6) is -0.923. The van der Waals surface area contributed by atoms with Crippen LogP contribution < -0.4 is 5.32 Å².